The van der Waals surface area contributed by atoms with Crippen molar-refractivity contribution in [3.8, 4) is 0 Å². The Morgan fingerprint density at radius 3 is 2.57 bits per heavy atom. The van der Waals surface area contributed by atoms with E-state index >= 15 is 0 Å². The van der Waals surface area contributed by atoms with Gasteiger partial charge in [0.2, 0.25) is 0 Å². The number of aromatic amines is 1. The molecule has 0 bridgehead atoms. The van der Waals surface area contributed by atoms with E-state index in [0.717, 1.165) is 17.0 Å². The lowest BCUT2D eigenvalue weighted by atomic mass is 9.91. The van der Waals surface area contributed by atoms with Gasteiger partial charge in [0, 0.05) is 27.5 Å². The van der Waals surface area contributed by atoms with Gasteiger partial charge in [-0.3, -0.25) is 0 Å². The second-order valence-corrected chi connectivity index (χ2v) is 5.84. The molecule has 0 aliphatic carbocycles. The Kier molecular flexibility index (Phi) is 4.00. The zero-order valence-corrected chi connectivity index (χ0v) is 12.8. The third-order valence-corrected chi connectivity index (χ3v) is 4.45. The Balaban J connectivity index is 2.00. The molecule has 0 saturated carbocycles. The molecule has 2 nitrogen and oxygen atoms in total. The molecule has 108 valence electrons. The third kappa shape index (κ3) is 2.69. The van der Waals surface area contributed by atoms with Crippen LogP contribution in [-0.4, -0.2) is 11.5 Å². The molecule has 0 spiro atoms. The molecule has 0 saturated heterocycles. The van der Waals surface area contributed by atoms with E-state index in [1.807, 2.05) is 18.2 Å². The number of nitrogens with one attached hydrogen (secondary N) is 1. The van der Waals surface area contributed by atoms with Crippen molar-refractivity contribution in [1.82, 2.24) is 4.98 Å². The first kappa shape index (κ1) is 14.2. The van der Waals surface area contributed by atoms with Crippen molar-refractivity contribution in [3.05, 3.63) is 70.4 Å². The van der Waals surface area contributed by atoms with Gasteiger partial charge in [-0.05, 0) is 43.1 Å². The van der Waals surface area contributed by atoms with Gasteiger partial charge in [-0.2, -0.15) is 0 Å². The van der Waals surface area contributed by atoms with Crippen molar-refractivity contribution in [1.29, 1.82) is 0 Å². The number of H-pyrrole nitrogens is 1. The molecule has 3 heteroatoms. The summed E-state index contributed by atoms with van der Waals surface area (Å²) in [5.41, 5.74) is 10.9. The Hall–Kier alpha value is -1.77. The average molecular weight is 299 g/mol. The molecule has 3 rings (SSSR count). The van der Waals surface area contributed by atoms with Crippen LogP contribution < -0.4 is 5.73 Å². The highest BCUT2D eigenvalue weighted by Crippen LogP contribution is 2.31. The number of halogens is 1. The highest BCUT2D eigenvalue weighted by molar-refractivity contribution is 6.31. The van der Waals surface area contributed by atoms with Crippen LogP contribution in [0.2, 0.25) is 5.02 Å². The first-order valence-corrected chi connectivity index (χ1v) is 7.59. The highest BCUT2D eigenvalue weighted by atomic mass is 35.5. The lowest BCUT2D eigenvalue weighted by Gasteiger charge is -2.17. The molecule has 1 atom stereocenters. The summed E-state index contributed by atoms with van der Waals surface area (Å²) < 4.78 is 0. The molecule has 0 amide bonds. The van der Waals surface area contributed by atoms with Crippen molar-refractivity contribution in [2.75, 3.05) is 6.54 Å². The van der Waals surface area contributed by atoms with Crippen LogP contribution in [0.5, 0.6) is 0 Å². The molecule has 0 aliphatic heterocycles. The standard InChI is InChI=1S/C18H19ClN2/c1-12-16(15-7-3-5-9-18(15)21-12)10-13(11-20)14-6-2-4-8-17(14)19/h2-9,13,21H,10-11,20H2,1H3. The van der Waals surface area contributed by atoms with E-state index in [1.165, 1.54) is 22.2 Å². The summed E-state index contributed by atoms with van der Waals surface area (Å²) in [4.78, 5) is 3.45. The van der Waals surface area contributed by atoms with Crippen molar-refractivity contribution in [2.45, 2.75) is 19.3 Å². The van der Waals surface area contributed by atoms with Gasteiger partial charge in [0.25, 0.3) is 0 Å². The summed E-state index contributed by atoms with van der Waals surface area (Å²) in [5.74, 6) is 0.233. The van der Waals surface area contributed by atoms with Crippen molar-refractivity contribution in [2.24, 2.45) is 5.73 Å². The van der Waals surface area contributed by atoms with Crippen LogP contribution in [-0.2, 0) is 6.42 Å². The maximum Gasteiger partial charge on any atom is 0.0458 e. The zero-order valence-electron chi connectivity index (χ0n) is 12.1. The normalized spacial score (nSPS) is 12.7. The molecule has 0 aliphatic rings. The van der Waals surface area contributed by atoms with Crippen molar-refractivity contribution >= 4 is 22.5 Å². The van der Waals surface area contributed by atoms with Crippen LogP contribution in [0.25, 0.3) is 10.9 Å². The minimum atomic E-state index is 0.233. The molecule has 1 aromatic heterocycles. The SMILES string of the molecule is Cc1[nH]c2ccccc2c1CC(CN)c1ccccc1Cl. The summed E-state index contributed by atoms with van der Waals surface area (Å²) >= 11 is 6.33. The highest BCUT2D eigenvalue weighted by Gasteiger charge is 2.17. The van der Waals surface area contributed by atoms with Gasteiger partial charge in [0.1, 0.15) is 0 Å². The van der Waals surface area contributed by atoms with Gasteiger partial charge in [-0.25, -0.2) is 0 Å². The van der Waals surface area contributed by atoms with Crippen molar-refractivity contribution in [3.63, 3.8) is 0 Å². The number of hydrogen-bond acceptors (Lipinski definition) is 1. The predicted octanol–water partition coefficient (Wildman–Crippen LogP) is 4.41. The topological polar surface area (TPSA) is 41.8 Å². The van der Waals surface area contributed by atoms with E-state index in [9.17, 15) is 0 Å². The van der Waals surface area contributed by atoms with E-state index in [-0.39, 0.29) is 5.92 Å². The van der Waals surface area contributed by atoms with Crippen LogP contribution in [0.1, 0.15) is 22.7 Å². The summed E-state index contributed by atoms with van der Waals surface area (Å²) in [6, 6.07) is 16.4. The second-order valence-electron chi connectivity index (χ2n) is 5.43. The Bertz CT molecular complexity index is 761. The van der Waals surface area contributed by atoms with Gasteiger partial charge >= 0.3 is 0 Å². The molecular weight excluding hydrogens is 280 g/mol. The van der Waals surface area contributed by atoms with Gasteiger partial charge in [0.05, 0.1) is 0 Å². The van der Waals surface area contributed by atoms with Gasteiger partial charge in [0.15, 0.2) is 0 Å². The molecule has 21 heavy (non-hydrogen) atoms. The first-order chi connectivity index (χ1) is 10.2. The van der Waals surface area contributed by atoms with Gasteiger partial charge in [-0.1, -0.05) is 48.0 Å². The number of rotatable bonds is 4. The Labute approximate surface area is 129 Å². The average Bonchev–Trinajstić information content (AvgIpc) is 2.81. The number of benzene rings is 2. The Morgan fingerprint density at radius 1 is 1.10 bits per heavy atom. The van der Waals surface area contributed by atoms with E-state index in [1.54, 1.807) is 0 Å². The lowest BCUT2D eigenvalue weighted by molar-refractivity contribution is 0.695. The maximum absolute atomic E-state index is 6.33. The first-order valence-electron chi connectivity index (χ1n) is 7.21. The van der Waals surface area contributed by atoms with E-state index in [4.69, 9.17) is 17.3 Å². The quantitative estimate of drug-likeness (QED) is 0.736. The maximum atomic E-state index is 6.33. The van der Waals surface area contributed by atoms with Gasteiger partial charge < -0.3 is 10.7 Å². The predicted molar refractivity (Wildman–Crippen MR) is 90.0 cm³/mol. The fourth-order valence-electron chi connectivity index (χ4n) is 2.97. The molecule has 1 heterocycles. The molecule has 1 unspecified atom stereocenters. The molecule has 0 fully saturated rings. The van der Waals surface area contributed by atoms with E-state index in [0.29, 0.717) is 6.54 Å². The minimum Gasteiger partial charge on any atom is -0.358 e. The molecular formula is C18H19ClN2. The smallest absolute Gasteiger partial charge is 0.0458 e. The molecule has 2 aromatic carbocycles. The van der Waals surface area contributed by atoms with Crippen LogP contribution in [0, 0.1) is 6.92 Å². The molecule has 0 radical (unpaired) electrons. The fourth-order valence-corrected chi connectivity index (χ4v) is 3.26. The van der Waals surface area contributed by atoms with Gasteiger partial charge in [-0.15, -0.1) is 0 Å². The summed E-state index contributed by atoms with van der Waals surface area (Å²) in [5, 5.41) is 2.07. The number of aryl methyl sites for hydroxylation is 1. The molecule has 3 aromatic rings. The number of hydrogen-bond donors (Lipinski definition) is 2. The number of nitrogens with two attached hydrogens (primary N) is 1. The van der Waals surface area contributed by atoms with Crippen LogP contribution in [0.15, 0.2) is 48.5 Å². The summed E-state index contributed by atoms with van der Waals surface area (Å²) in [6.45, 7) is 2.71. The number of fused-ring (bicyclic) bond motifs is 1. The number of aromatic nitrogens is 1. The van der Waals surface area contributed by atoms with Crippen molar-refractivity contribution < 1.29 is 0 Å². The zero-order chi connectivity index (χ0) is 14.8. The third-order valence-electron chi connectivity index (χ3n) is 4.11. The summed E-state index contributed by atoms with van der Waals surface area (Å²) in [7, 11) is 0. The fraction of sp³-hybridized carbons (Fsp3) is 0.222. The monoisotopic (exact) mass is 298 g/mol. The summed E-state index contributed by atoms with van der Waals surface area (Å²) in [6.07, 6.45) is 0.899. The van der Waals surface area contributed by atoms with Crippen LogP contribution >= 0.6 is 11.6 Å². The van der Waals surface area contributed by atoms with E-state index in [2.05, 4.69) is 42.2 Å². The Morgan fingerprint density at radius 2 is 1.81 bits per heavy atom. The van der Waals surface area contributed by atoms with E-state index < -0.39 is 0 Å². The number of para-hydroxylation sites is 1. The van der Waals surface area contributed by atoms with Crippen LogP contribution in [0.4, 0.5) is 0 Å². The largest absolute Gasteiger partial charge is 0.358 e. The second kappa shape index (κ2) is 5.92. The van der Waals surface area contributed by atoms with Crippen LogP contribution in [0.3, 0.4) is 0 Å². The lowest BCUT2D eigenvalue weighted by Crippen LogP contribution is -2.15. The minimum absolute atomic E-state index is 0.233. The molecule has 3 N–H and O–H groups in total.